The highest BCUT2D eigenvalue weighted by atomic mass is 16.1. The third kappa shape index (κ3) is 2.63. The van der Waals surface area contributed by atoms with Crippen molar-refractivity contribution in [3.8, 4) is 0 Å². The molecule has 3 unspecified atom stereocenters. The van der Waals surface area contributed by atoms with Crippen LogP contribution in [0.2, 0.25) is 0 Å². The van der Waals surface area contributed by atoms with Gasteiger partial charge in [0.05, 0.1) is 0 Å². The monoisotopic (exact) mass is 245 g/mol. The van der Waals surface area contributed by atoms with Gasteiger partial charge in [0.2, 0.25) is 0 Å². The molecule has 0 bridgehead atoms. The fourth-order valence-corrected chi connectivity index (χ4v) is 2.95. The highest BCUT2D eigenvalue weighted by Gasteiger charge is 2.30. The Morgan fingerprint density at radius 2 is 1.89 bits per heavy atom. The molecule has 3 atom stereocenters. The predicted molar refractivity (Wildman–Crippen MR) is 73.7 cm³/mol. The van der Waals surface area contributed by atoms with E-state index in [9.17, 15) is 4.79 Å². The zero-order valence-corrected chi connectivity index (χ0v) is 11.9. The number of carbonyl (C=O) groups excluding carboxylic acids is 1. The van der Waals surface area contributed by atoms with Gasteiger partial charge in [-0.25, -0.2) is 0 Å². The van der Waals surface area contributed by atoms with Crippen LogP contribution in [0.1, 0.15) is 54.9 Å². The van der Waals surface area contributed by atoms with Gasteiger partial charge in [-0.1, -0.05) is 13.8 Å². The van der Waals surface area contributed by atoms with E-state index in [2.05, 4.69) is 18.8 Å². The number of hydrogen-bond donors (Lipinski definition) is 0. The lowest BCUT2D eigenvalue weighted by Crippen LogP contribution is -2.27. The summed E-state index contributed by atoms with van der Waals surface area (Å²) in [6.45, 7) is 8.47. The first-order valence-electron chi connectivity index (χ1n) is 6.97. The van der Waals surface area contributed by atoms with Crippen molar-refractivity contribution in [2.45, 2.75) is 47.0 Å². The molecule has 1 saturated carbocycles. The van der Waals surface area contributed by atoms with Crippen molar-refractivity contribution in [2.24, 2.45) is 17.8 Å². The molecule has 1 aliphatic rings. The second-order valence-corrected chi connectivity index (χ2v) is 5.91. The van der Waals surface area contributed by atoms with Crippen molar-refractivity contribution >= 4 is 5.78 Å². The Balaban J connectivity index is 2.16. The van der Waals surface area contributed by atoms with Gasteiger partial charge in [-0.3, -0.25) is 9.78 Å². The Morgan fingerprint density at radius 3 is 2.50 bits per heavy atom. The van der Waals surface area contributed by atoms with Gasteiger partial charge in [0.25, 0.3) is 0 Å². The Labute approximate surface area is 110 Å². The van der Waals surface area contributed by atoms with E-state index < -0.39 is 0 Å². The highest BCUT2D eigenvalue weighted by Crippen LogP contribution is 2.35. The molecule has 98 valence electrons. The van der Waals surface area contributed by atoms with Crippen molar-refractivity contribution in [3.05, 3.63) is 29.1 Å². The molecular formula is C16H23NO. The van der Waals surface area contributed by atoms with E-state index in [0.717, 1.165) is 35.7 Å². The summed E-state index contributed by atoms with van der Waals surface area (Å²) in [5.41, 5.74) is 2.69. The van der Waals surface area contributed by atoms with Crippen molar-refractivity contribution in [1.29, 1.82) is 0 Å². The van der Waals surface area contributed by atoms with Gasteiger partial charge in [0.1, 0.15) is 0 Å². The van der Waals surface area contributed by atoms with E-state index in [1.807, 2.05) is 26.0 Å². The van der Waals surface area contributed by atoms with Crippen LogP contribution in [0.5, 0.6) is 0 Å². The number of ketones is 1. The number of nitrogens with zero attached hydrogens (tertiary/aromatic N) is 1. The Morgan fingerprint density at radius 1 is 1.17 bits per heavy atom. The van der Waals surface area contributed by atoms with Crippen LogP contribution in [0.4, 0.5) is 0 Å². The predicted octanol–water partition coefficient (Wildman–Crippen LogP) is 3.95. The molecule has 2 nitrogen and oxygen atoms in total. The third-order valence-corrected chi connectivity index (χ3v) is 4.46. The molecule has 1 aliphatic carbocycles. The van der Waals surface area contributed by atoms with E-state index in [1.165, 1.54) is 6.42 Å². The summed E-state index contributed by atoms with van der Waals surface area (Å²) in [4.78, 5) is 16.9. The van der Waals surface area contributed by atoms with Crippen LogP contribution >= 0.6 is 0 Å². The van der Waals surface area contributed by atoms with Crippen LogP contribution in [0, 0.1) is 31.6 Å². The summed E-state index contributed by atoms with van der Waals surface area (Å²) in [7, 11) is 0. The molecule has 2 rings (SSSR count). The Bertz CT molecular complexity index is 452. The standard InChI is InChI=1S/C16H23NO/c1-10-5-7-14(9-11(10)2)16(18)15-8-6-12(3)17-13(15)4/h6,8,10-11,14H,5,7,9H2,1-4H3. The van der Waals surface area contributed by atoms with Gasteiger partial charge in [0, 0.05) is 22.9 Å². The summed E-state index contributed by atoms with van der Waals surface area (Å²) in [6.07, 6.45) is 3.25. The average Bonchev–Trinajstić information content (AvgIpc) is 2.32. The number of Topliss-reactive ketones (excluding diaryl/α,β-unsaturated/α-hetero) is 1. The first kappa shape index (κ1) is 13.3. The van der Waals surface area contributed by atoms with Crippen LogP contribution in [0.15, 0.2) is 12.1 Å². The van der Waals surface area contributed by atoms with E-state index in [1.54, 1.807) is 0 Å². The maximum absolute atomic E-state index is 12.5. The van der Waals surface area contributed by atoms with Crippen LogP contribution in [-0.4, -0.2) is 10.8 Å². The largest absolute Gasteiger partial charge is 0.294 e. The van der Waals surface area contributed by atoms with Crippen molar-refractivity contribution in [2.75, 3.05) is 0 Å². The average molecular weight is 245 g/mol. The molecule has 0 aromatic carbocycles. The van der Waals surface area contributed by atoms with Crippen LogP contribution in [0.3, 0.4) is 0 Å². The van der Waals surface area contributed by atoms with Crippen molar-refractivity contribution < 1.29 is 4.79 Å². The fraction of sp³-hybridized carbons (Fsp3) is 0.625. The SMILES string of the molecule is Cc1ccc(C(=O)C2CCC(C)C(C)C2)c(C)n1. The summed E-state index contributed by atoms with van der Waals surface area (Å²) in [5, 5.41) is 0. The maximum atomic E-state index is 12.5. The topological polar surface area (TPSA) is 30.0 Å². The quantitative estimate of drug-likeness (QED) is 0.738. The normalized spacial score (nSPS) is 28.1. The molecule has 0 saturated heterocycles. The van der Waals surface area contributed by atoms with Crippen LogP contribution in [-0.2, 0) is 0 Å². The first-order chi connectivity index (χ1) is 8.49. The smallest absolute Gasteiger partial charge is 0.167 e. The molecule has 18 heavy (non-hydrogen) atoms. The fourth-order valence-electron chi connectivity index (χ4n) is 2.95. The number of carbonyl (C=O) groups is 1. The second kappa shape index (κ2) is 5.21. The molecular weight excluding hydrogens is 222 g/mol. The lowest BCUT2D eigenvalue weighted by molar-refractivity contribution is 0.0836. The molecule has 0 aliphatic heterocycles. The summed E-state index contributed by atoms with van der Waals surface area (Å²) < 4.78 is 0. The lowest BCUT2D eigenvalue weighted by Gasteiger charge is -2.31. The van der Waals surface area contributed by atoms with E-state index in [4.69, 9.17) is 0 Å². The minimum Gasteiger partial charge on any atom is -0.294 e. The summed E-state index contributed by atoms with van der Waals surface area (Å²) in [5.74, 6) is 1.93. The first-order valence-corrected chi connectivity index (χ1v) is 6.97. The van der Waals surface area contributed by atoms with Crippen LogP contribution < -0.4 is 0 Å². The highest BCUT2D eigenvalue weighted by molar-refractivity contribution is 5.98. The van der Waals surface area contributed by atoms with Gasteiger partial charge in [-0.15, -0.1) is 0 Å². The van der Waals surface area contributed by atoms with Crippen LogP contribution in [0.25, 0.3) is 0 Å². The number of aryl methyl sites for hydroxylation is 2. The molecule has 1 heterocycles. The number of aromatic nitrogens is 1. The lowest BCUT2D eigenvalue weighted by atomic mass is 9.73. The summed E-state index contributed by atoms with van der Waals surface area (Å²) in [6, 6.07) is 3.89. The molecule has 0 amide bonds. The summed E-state index contributed by atoms with van der Waals surface area (Å²) >= 11 is 0. The van der Waals surface area contributed by atoms with E-state index >= 15 is 0 Å². The minimum absolute atomic E-state index is 0.208. The van der Waals surface area contributed by atoms with E-state index in [0.29, 0.717) is 11.7 Å². The van der Waals surface area contributed by atoms with Gasteiger partial charge >= 0.3 is 0 Å². The van der Waals surface area contributed by atoms with Crippen molar-refractivity contribution in [3.63, 3.8) is 0 Å². The van der Waals surface area contributed by atoms with Crippen molar-refractivity contribution in [1.82, 2.24) is 4.98 Å². The molecule has 0 radical (unpaired) electrons. The third-order valence-electron chi connectivity index (χ3n) is 4.46. The second-order valence-electron chi connectivity index (χ2n) is 5.91. The van der Waals surface area contributed by atoms with Gasteiger partial charge in [0.15, 0.2) is 5.78 Å². The molecule has 1 aromatic rings. The molecule has 0 spiro atoms. The Kier molecular flexibility index (Phi) is 3.84. The number of rotatable bonds is 2. The zero-order valence-electron chi connectivity index (χ0n) is 11.9. The molecule has 0 N–H and O–H groups in total. The zero-order chi connectivity index (χ0) is 13.3. The van der Waals surface area contributed by atoms with Gasteiger partial charge < -0.3 is 0 Å². The Hall–Kier alpha value is -1.18. The molecule has 1 fully saturated rings. The molecule has 1 aromatic heterocycles. The molecule has 2 heteroatoms. The van der Waals surface area contributed by atoms with Gasteiger partial charge in [-0.2, -0.15) is 0 Å². The number of pyridine rings is 1. The minimum atomic E-state index is 0.208. The number of hydrogen-bond acceptors (Lipinski definition) is 2. The van der Waals surface area contributed by atoms with Gasteiger partial charge in [-0.05, 0) is 57.1 Å². The maximum Gasteiger partial charge on any atom is 0.167 e. The van der Waals surface area contributed by atoms with E-state index in [-0.39, 0.29) is 5.92 Å².